The minimum Gasteiger partial charge on any atom is -0.365 e. The summed E-state index contributed by atoms with van der Waals surface area (Å²) in [6.07, 6.45) is 2.13. The van der Waals surface area contributed by atoms with Crippen LogP contribution < -0.4 is 0 Å². The monoisotopic (exact) mass is 315 g/mol. The fraction of sp³-hybridized carbons (Fsp3) is 0.167. The highest BCUT2D eigenvalue weighted by atomic mass is 35.5. The second-order valence-electron chi connectivity index (χ2n) is 5.35. The average Bonchev–Trinajstić information content (AvgIpc) is 2.49. The second-order valence-corrected chi connectivity index (χ2v) is 5.75. The van der Waals surface area contributed by atoms with E-state index in [0.29, 0.717) is 29.2 Å². The normalized spacial score (nSPS) is 14.9. The molecule has 1 heterocycles. The second kappa shape index (κ2) is 6.32. The molecular formula is C18H15ClFNO. The van der Waals surface area contributed by atoms with Crippen LogP contribution in [0.15, 0.2) is 54.7 Å². The Morgan fingerprint density at radius 3 is 2.59 bits per heavy atom. The topological polar surface area (TPSA) is 20.3 Å². The molecule has 0 atom stereocenters. The van der Waals surface area contributed by atoms with Gasteiger partial charge in [0.05, 0.1) is 6.54 Å². The number of hydrogen-bond acceptors (Lipinski definition) is 2. The van der Waals surface area contributed by atoms with Gasteiger partial charge in [0.15, 0.2) is 5.78 Å². The molecule has 0 saturated carbocycles. The summed E-state index contributed by atoms with van der Waals surface area (Å²) >= 11 is 6.17. The van der Waals surface area contributed by atoms with Crippen molar-refractivity contribution in [3.05, 3.63) is 76.7 Å². The molecule has 0 unspecified atom stereocenters. The lowest BCUT2D eigenvalue weighted by Gasteiger charge is -2.26. The molecule has 0 aromatic heterocycles. The molecule has 0 fully saturated rings. The zero-order valence-corrected chi connectivity index (χ0v) is 12.7. The molecule has 2 aromatic carbocycles. The molecule has 0 N–H and O–H groups in total. The summed E-state index contributed by atoms with van der Waals surface area (Å²) < 4.78 is 13.9. The van der Waals surface area contributed by atoms with Crippen molar-refractivity contribution in [2.45, 2.75) is 13.0 Å². The zero-order chi connectivity index (χ0) is 15.5. The van der Waals surface area contributed by atoms with Crippen molar-refractivity contribution in [1.29, 1.82) is 0 Å². The minimum absolute atomic E-state index is 0.0767. The largest absolute Gasteiger partial charge is 0.365 e. The summed E-state index contributed by atoms with van der Waals surface area (Å²) in [6.45, 7) is 0.854. The van der Waals surface area contributed by atoms with Crippen molar-refractivity contribution < 1.29 is 9.18 Å². The van der Waals surface area contributed by atoms with Crippen molar-refractivity contribution >= 4 is 23.0 Å². The first-order chi connectivity index (χ1) is 10.6. The van der Waals surface area contributed by atoms with Crippen LogP contribution in [0.1, 0.15) is 17.5 Å². The number of benzene rings is 2. The average molecular weight is 316 g/mol. The molecule has 112 valence electrons. The predicted octanol–water partition coefficient (Wildman–Crippen LogP) is 4.30. The van der Waals surface area contributed by atoms with Crippen LogP contribution in [-0.2, 0) is 11.3 Å². The maximum absolute atomic E-state index is 13.9. The van der Waals surface area contributed by atoms with Gasteiger partial charge in [-0.05, 0) is 23.3 Å². The minimum atomic E-state index is -0.304. The Morgan fingerprint density at radius 2 is 1.82 bits per heavy atom. The van der Waals surface area contributed by atoms with Crippen LogP contribution >= 0.6 is 11.6 Å². The van der Waals surface area contributed by atoms with Crippen LogP contribution in [-0.4, -0.2) is 17.2 Å². The lowest BCUT2D eigenvalue weighted by Crippen LogP contribution is -2.29. The number of ketones is 1. The number of Topliss-reactive ketones (excluding diaryl/α,β-unsaturated/α-hetero) is 1. The highest BCUT2D eigenvalue weighted by Gasteiger charge is 2.20. The molecule has 0 aliphatic carbocycles. The maximum Gasteiger partial charge on any atom is 0.156 e. The molecule has 2 aromatic rings. The molecule has 0 spiro atoms. The number of rotatable bonds is 3. The van der Waals surface area contributed by atoms with Gasteiger partial charge in [-0.3, -0.25) is 4.79 Å². The molecule has 1 aliphatic rings. The summed E-state index contributed by atoms with van der Waals surface area (Å²) in [7, 11) is 0. The first-order valence-corrected chi connectivity index (χ1v) is 7.46. The number of carbonyl (C=O) groups is 1. The smallest absolute Gasteiger partial charge is 0.156 e. The molecule has 1 aliphatic heterocycles. The van der Waals surface area contributed by atoms with E-state index in [9.17, 15) is 9.18 Å². The van der Waals surface area contributed by atoms with Gasteiger partial charge in [-0.15, -0.1) is 0 Å². The van der Waals surface area contributed by atoms with Gasteiger partial charge in [0.1, 0.15) is 5.82 Å². The Labute approximate surface area is 133 Å². The van der Waals surface area contributed by atoms with Crippen molar-refractivity contribution in [2.24, 2.45) is 0 Å². The van der Waals surface area contributed by atoms with Crippen molar-refractivity contribution in [3.8, 4) is 0 Å². The van der Waals surface area contributed by atoms with Crippen LogP contribution in [0.5, 0.6) is 0 Å². The first kappa shape index (κ1) is 14.8. The number of hydrogen-bond donors (Lipinski definition) is 0. The molecule has 3 rings (SSSR count). The third-order valence-corrected chi connectivity index (χ3v) is 4.03. The van der Waals surface area contributed by atoms with Crippen molar-refractivity contribution in [3.63, 3.8) is 0 Å². The molecule has 2 nitrogen and oxygen atoms in total. The molecular weight excluding hydrogens is 301 g/mol. The van der Waals surface area contributed by atoms with E-state index in [1.807, 2.05) is 35.4 Å². The fourth-order valence-electron chi connectivity index (χ4n) is 2.64. The molecule has 0 amide bonds. The lowest BCUT2D eigenvalue weighted by molar-refractivity contribution is -0.119. The highest BCUT2D eigenvalue weighted by molar-refractivity contribution is 6.31. The van der Waals surface area contributed by atoms with Gasteiger partial charge in [0, 0.05) is 29.8 Å². The SMILES string of the molecule is O=C1CC(c2ccccc2F)=CN(Cc2ccccc2Cl)C1. The summed E-state index contributed by atoms with van der Waals surface area (Å²) in [5, 5.41) is 0.668. The van der Waals surface area contributed by atoms with Gasteiger partial charge in [0.2, 0.25) is 0 Å². The van der Waals surface area contributed by atoms with Crippen LogP contribution in [0, 0.1) is 5.82 Å². The number of nitrogens with zero attached hydrogens (tertiary/aromatic N) is 1. The van der Waals surface area contributed by atoms with Crippen LogP contribution in [0.4, 0.5) is 4.39 Å². The Bertz CT molecular complexity index is 741. The van der Waals surface area contributed by atoms with Gasteiger partial charge in [-0.25, -0.2) is 4.39 Å². The van der Waals surface area contributed by atoms with Crippen LogP contribution in [0.3, 0.4) is 0 Å². The van der Waals surface area contributed by atoms with Gasteiger partial charge >= 0.3 is 0 Å². The predicted molar refractivity (Wildman–Crippen MR) is 85.9 cm³/mol. The van der Waals surface area contributed by atoms with Crippen molar-refractivity contribution in [1.82, 2.24) is 4.90 Å². The standard InChI is InChI=1S/C18H15ClFNO/c19-17-7-3-1-5-13(17)10-21-11-14(9-15(22)12-21)16-6-2-4-8-18(16)20/h1-8,11H,9-10,12H2. The van der Waals surface area contributed by atoms with E-state index >= 15 is 0 Å². The number of carbonyl (C=O) groups excluding carboxylic acids is 1. The molecule has 4 heteroatoms. The fourth-order valence-corrected chi connectivity index (χ4v) is 2.84. The van der Waals surface area contributed by atoms with E-state index in [4.69, 9.17) is 11.6 Å². The summed E-state index contributed by atoms with van der Waals surface area (Å²) in [5.74, 6) is -0.228. The molecule has 0 saturated heterocycles. The quantitative estimate of drug-likeness (QED) is 0.842. The Hall–Kier alpha value is -2.13. The number of halogens is 2. The first-order valence-electron chi connectivity index (χ1n) is 7.08. The molecule has 22 heavy (non-hydrogen) atoms. The van der Waals surface area contributed by atoms with Crippen LogP contribution in [0.2, 0.25) is 5.02 Å². The van der Waals surface area contributed by atoms with Crippen LogP contribution in [0.25, 0.3) is 5.57 Å². The lowest BCUT2D eigenvalue weighted by atomic mass is 9.98. The Kier molecular flexibility index (Phi) is 4.25. The summed E-state index contributed by atoms with van der Waals surface area (Å²) in [5.41, 5.74) is 2.14. The summed E-state index contributed by atoms with van der Waals surface area (Å²) in [6, 6.07) is 14.1. The third-order valence-electron chi connectivity index (χ3n) is 3.66. The van der Waals surface area contributed by atoms with E-state index < -0.39 is 0 Å². The Balaban J connectivity index is 1.89. The maximum atomic E-state index is 13.9. The van der Waals surface area contributed by atoms with E-state index in [-0.39, 0.29) is 18.0 Å². The van der Waals surface area contributed by atoms with E-state index in [1.54, 1.807) is 18.2 Å². The summed E-state index contributed by atoms with van der Waals surface area (Å²) in [4.78, 5) is 13.9. The van der Waals surface area contributed by atoms with Gasteiger partial charge < -0.3 is 4.90 Å². The zero-order valence-electron chi connectivity index (χ0n) is 11.9. The highest BCUT2D eigenvalue weighted by Crippen LogP contribution is 2.27. The van der Waals surface area contributed by atoms with E-state index in [0.717, 1.165) is 5.56 Å². The Morgan fingerprint density at radius 1 is 1.09 bits per heavy atom. The molecule has 0 bridgehead atoms. The third kappa shape index (κ3) is 3.20. The van der Waals surface area contributed by atoms with Gasteiger partial charge in [0.25, 0.3) is 0 Å². The van der Waals surface area contributed by atoms with Gasteiger partial charge in [-0.1, -0.05) is 48.0 Å². The number of allylic oxidation sites excluding steroid dienone is 1. The van der Waals surface area contributed by atoms with E-state index in [1.165, 1.54) is 6.07 Å². The van der Waals surface area contributed by atoms with Crippen molar-refractivity contribution in [2.75, 3.05) is 6.54 Å². The van der Waals surface area contributed by atoms with E-state index in [2.05, 4.69) is 0 Å². The molecule has 0 radical (unpaired) electrons. The van der Waals surface area contributed by atoms with Gasteiger partial charge in [-0.2, -0.15) is 0 Å².